The predicted molar refractivity (Wildman–Crippen MR) is 112 cm³/mol. The molecule has 0 amide bonds. The highest BCUT2D eigenvalue weighted by atomic mass is 35.5. The fourth-order valence-electron chi connectivity index (χ4n) is 3.68. The molecule has 0 aliphatic carbocycles. The first-order chi connectivity index (χ1) is 12.2. The van der Waals surface area contributed by atoms with Crippen LogP contribution in [0.3, 0.4) is 0 Å². The van der Waals surface area contributed by atoms with E-state index in [1.54, 1.807) is 12.1 Å². The van der Waals surface area contributed by atoms with Crippen molar-refractivity contribution in [3.63, 3.8) is 0 Å². The van der Waals surface area contributed by atoms with Gasteiger partial charge in [-0.2, -0.15) is 5.26 Å². The van der Waals surface area contributed by atoms with Gasteiger partial charge in [0.05, 0.1) is 11.6 Å². The van der Waals surface area contributed by atoms with Crippen LogP contribution in [0, 0.1) is 11.3 Å². The van der Waals surface area contributed by atoms with E-state index in [2.05, 4.69) is 44.9 Å². The average molecular weight is 385 g/mol. The van der Waals surface area contributed by atoms with E-state index in [9.17, 15) is 5.26 Å². The highest BCUT2D eigenvalue weighted by molar-refractivity contribution is 6.32. The molecule has 1 unspecified atom stereocenters. The number of nitriles is 1. The first-order valence-corrected chi connectivity index (χ1v) is 9.43. The normalized spacial score (nSPS) is 19.0. The lowest BCUT2D eigenvalue weighted by molar-refractivity contribution is 0.395. The van der Waals surface area contributed by atoms with E-state index >= 15 is 0 Å². The van der Waals surface area contributed by atoms with E-state index in [0.717, 1.165) is 17.5 Å². The summed E-state index contributed by atoms with van der Waals surface area (Å²) in [6.45, 7) is 6.75. The number of halogens is 2. The maximum absolute atomic E-state index is 9.60. The molecule has 0 spiro atoms. The third kappa shape index (κ3) is 3.47. The average Bonchev–Trinajstić information content (AvgIpc) is 2.59. The number of benzene rings is 2. The second-order valence-electron chi connectivity index (χ2n) is 7.59. The lowest BCUT2D eigenvalue weighted by Gasteiger charge is -2.45. The van der Waals surface area contributed by atoms with Gasteiger partial charge in [-0.05, 0) is 73.2 Å². The number of nitrogens with zero attached hydrogens (tertiary/aromatic N) is 2. The summed E-state index contributed by atoms with van der Waals surface area (Å²) in [4.78, 5) is 2.30. The van der Waals surface area contributed by atoms with Crippen LogP contribution in [-0.4, -0.2) is 12.6 Å². The number of allylic oxidation sites excluding steroid dienone is 1. The van der Waals surface area contributed by atoms with Gasteiger partial charge in [-0.25, -0.2) is 0 Å². The van der Waals surface area contributed by atoms with Crippen molar-refractivity contribution in [2.45, 2.75) is 38.6 Å². The summed E-state index contributed by atoms with van der Waals surface area (Å²) in [6.07, 6.45) is 2.93. The fourth-order valence-corrected chi connectivity index (χ4v) is 4.02. The van der Waals surface area contributed by atoms with Gasteiger partial charge in [0.25, 0.3) is 0 Å². The molecule has 0 aromatic heterocycles. The number of fused-ring (bicyclic) bond motifs is 1. The second kappa shape index (κ2) is 6.99. The van der Waals surface area contributed by atoms with Crippen LogP contribution in [0.15, 0.2) is 36.4 Å². The Kier molecular flexibility index (Phi) is 5.06. The van der Waals surface area contributed by atoms with E-state index < -0.39 is 0 Å². The summed E-state index contributed by atoms with van der Waals surface area (Å²) in [6, 6.07) is 13.7. The van der Waals surface area contributed by atoms with Gasteiger partial charge in [-0.3, -0.25) is 0 Å². The maximum atomic E-state index is 9.60. The molecule has 0 fully saturated rings. The summed E-state index contributed by atoms with van der Waals surface area (Å²) >= 11 is 12.5. The second-order valence-corrected chi connectivity index (χ2v) is 8.43. The van der Waals surface area contributed by atoms with Crippen LogP contribution in [0.1, 0.15) is 49.8 Å². The van der Waals surface area contributed by atoms with Gasteiger partial charge in [-0.15, -0.1) is 0 Å². The molecule has 134 valence electrons. The molecule has 2 aromatic carbocycles. The van der Waals surface area contributed by atoms with E-state index in [-0.39, 0.29) is 5.54 Å². The van der Waals surface area contributed by atoms with Crippen molar-refractivity contribution in [3.05, 3.63) is 63.1 Å². The minimum Gasteiger partial charge on any atom is -0.369 e. The van der Waals surface area contributed by atoms with Gasteiger partial charge >= 0.3 is 0 Å². The fraction of sp³-hybridized carbons (Fsp3) is 0.318. The summed E-state index contributed by atoms with van der Waals surface area (Å²) in [5.41, 5.74) is 4.81. The van der Waals surface area contributed by atoms with Crippen LogP contribution in [0.25, 0.3) is 11.6 Å². The highest BCUT2D eigenvalue weighted by Gasteiger charge is 2.34. The molecule has 26 heavy (non-hydrogen) atoms. The predicted octanol–water partition coefficient (Wildman–Crippen LogP) is 6.78. The smallest absolute Gasteiger partial charge is 0.0998 e. The molecule has 2 nitrogen and oxygen atoms in total. The Morgan fingerprint density at radius 3 is 2.50 bits per heavy atom. The zero-order valence-electron chi connectivity index (χ0n) is 15.5. The van der Waals surface area contributed by atoms with Gasteiger partial charge in [0.15, 0.2) is 0 Å². The van der Waals surface area contributed by atoms with Gasteiger partial charge in [0.1, 0.15) is 0 Å². The van der Waals surface area contributed by atoms with Crippen molar-refractivity contribution in [1.29, 1.82) is 5.26 Å². The van der Waals surface area contributed by atoms with E-state index in [0.29, 0.717) is 21.5 Å². The van der Waals surface area contributed by atoms with E-state index in [1.165, 1.54) is 11.3 Å². The number of anilines is 1. The third-order valence-electron chi connectivity index (χ3n) is 5.33. The molecule has 2 aromatic rings. The summed E-state index contributed by atoms with van der Waals surface area (Å²) < 4.78 is 0. The lowest BCUT2D eigenvalue weighted by Crippen LogP contribution is -2.45. The topological polar surface area (TPSA) is 27.0 Å². The van der Waals surface area contributed by atoms with Crippen LogP contribution < -0.4 is 4.90 Å². The molecular weight excluding hydrogens is 363 g/mol. The molecule has 0 saturated heterocycles. The zero-order valence-corrected chi connectivity index (χ0v) is 17.0. The van der Waals surface area contributed by atoms with Gasteiger partial charge in [0, 0.05) is 28.3 Å². The van der Waals surface area contributed by atoms with Crippen molar-refractivity contribution < 1.29 is 0 Å². The SMILES string of the molecule is CC1CC(C)(C)N(C)c2cc(Cl)c(/C=C(\C#N)c3ccc(Cl)cc3)cc21. The molecule has 0 N–H and O–H groups in total. The summed E-state index contributed by atoms with van der Waals surface area (Å²) in [7, 11) is 2.12. The van der Waals surface area contributed by atoms with Crippen molar-refractivity contribution in [2.75, 3.05) is 11.9 Å². The van der Waals surface area contributed by atoms with Crippen LogP contribution in [0.4, 0.5) is 5.69 Å². The van der Waals surface area contributed by atoms with Crippen LogP contribution >= 0.6 is 23.2 Å². The Balaban J connectivity index is 2.08. The van der Waals surface area contributed by atoms with E-state index in [4.69, 9.17) is 23.2 Å². The number of hydrogen-bond acceptors (Lipinski definition) is 2. The van der Waals surface area contributed by atoms with Crippen molar-refractivity contribution in [3.8, 4) is 6.07 Å². The Bertz CT molecular complexity index is 905. The Hall–Kier alpha value is -1.95. The molecule has 1 aliphatic rings. The number of hydrogen-bond donors (Lipinski definition) is 0. The summed E-state index contributed by atoms with van der Waals surface area (Å²) in [5.74, 6) is 0.432. The van der Waals surface area contributed by atoms with Crippen molar-refractivity contribution in [2.24, 2.45) is 0 Å². The van der Waals surface area contributed by atoms with Crippen LogP contribution in [0.5, 0.6) is 0 Å². The number of rotatable bonds is 2. The van der Waals surface area contributed by atoms with Crippen molar-refractivity contribution in [1.82, 2.24) is 0 Å². The van der Waals surface area contributed by atoms with Gasteiger partial charge in [0.2, 0.25) is 0 Å². The molecule has 0 saturated carbocycles. The molecule has 1 heterocycles. The third-order valence-corrected chi connectivity index (χ3v) is 5.91. The largest absolute Gasteiger partial charge is 0.369 e. The monoisotopic (exact) mass is 384 g/mol. The summed E-state index contributed by atoms with van der Waals surface area (Å²) in [5, 5.41) is 10.9. The highest BCUT2D eigenvalue weighted by Crippen LogP contribution is 2.44. The van der Waals surface area contributed by atoms with E-state index in [1.807, 2.05) is 24.3 Å². The van der Waals surface area contributed by atoms with Gasteiger partial charge in [-0.1, -0.05) is 42.3 Å². The minimum atomic E-state index is 0.0915. The molecule has 3 rings (SSSR count). The standard InChI is InChI=1S/C22H22Cl2N2/c1-14-12-22(2,3)26(4)21-11-20(24)16(10-19(14)21)9-17(13-25)15-5-7-18(23)8-6-15/h5-11,14H,12H2,1-4H3/b17-9+. The van der Waals surface area contributed by atoms with Crippen LogP contribution in [-0.2, 0) is 0 Å². The first kappa shape index (κ1) is 18.8. The molecule has 1 aliphatic heterocycles. The maximum Gasteiger partial charge on any atom is 0.0998 e. The molecule has 0 bridgehead atoms. The Morgan fingerprint density at radius 2 is 1.88 bits per heavy atom. The van der Waals surface area contributed by atoms with Crippen LogP contribution in [0.2, 0.25) is 10.0 Å². The quantitative estimate of drug-likeness (QED) is 0.421. The molecule has 0 radical (unpaired) electrons. The molecular formula is C22H22Cl2N2. The zero-order chi connectivity index (χ0) is 19.1. The minimum absolute atomic E-state index is 0.0915. The van der Waals surface area contributed by atoms with Gasteiger partial charge < -0.3 is 4.90 Å². The molecule has 1 atom stereocenters. The Labute approximate surface area is 165 Å². The Morgan fingerprint density at radius 1 is 1.23 bits per heavy atom. The van der Waals surface area contributed by atoms with Crippen molar-refractivity contribution >= 4 is 40.5 Å². The first-order valence-electron chi connectivity index (χ1n) is 8.68. The lowest BCUT2D eigenvalue weighted by atomic mass is 9.80. The molecule has 4 heteroatoms.